The molecule has 0 aromatic heterocycles. The van der Waals surface area contributed by atoms with Crippen LogP contribution in [0.2, 0.25) is 0 Å². The van der Waals surface area contributed by atoms with Crippen molar-refractivity contribution in [1.82, 2.24) is 4.90 Å². The standard InChI is InChI=1S/C22H28N2O2/c1-5-7-14-23(4)21(25)18-11-9-12-19(16-18)22(26)24(6-2)20-13-8-10-17(3)15-20/h8-13,15-16H,5-7,14H2,1-4H3. The number of hydrogen-bond acceptors (Lipinski definition) is 2. The van der Waals surface area contributed by atoms with Crippen LogP contribution in [0.4, 0.5) is 5.69 Å². The quantitative estimate of drug-likeness (QED) is 0.734. The lowest BCUT2D eigenvalue weighted by Gasteiger charge is -2.22. The first-order chi connectivity index (χ1) is 12.5. The summed E-state index contributed by atoms with van der Waals surface area (Å²) in [5.74, 6) is -0.143. The number of carbonyl (C=O) groups is 2. The molecule has 2 aromatic rings. The van der Waals surface area contributed by atoms with Crippen LogP contribution in [0.1, 0.15) is 53.0 Å². The second-order valence-electron chi connectivity index (χ2n) is 6.55. The minimum Gasteiger partial charge on any atom is -0.342 e. The molecule has 4 heteroatoms. The van der Waals surface area contributed by atoms with Crippen LogP contribution in [0.3, 0.4) is 0 Å². The number of anilines is 1. The molecule has 26 heavy (non-hydrogen) atoms. The summed E-state index contributed by atoms with van der Waals surface area (Å²) in [6.45, 7) is 7.35. The molecular formula is C22H28N2O2. The number of carbonyl (C=O) groups excluding carboxylic acids is 2. The van der Waals surface area contributed by atoms with E-state index in [1.54, 1.807) is 41.1 Å². The van der Waals surface area contributed by atoms with Crippen LogP contribution in [-0.2, 0) is 0 Å². The topological polar surface area (TPSA) is 40.6 Å². The normalized spacial score (nSPS) is 10.5. The highest BCUT2D eigenvalue weighted by molar-refractivity contribution is 6.07. The van der Waals surface area contributed by atoms with Gasteiger partial charge in [-0.2, -0.15) is 0 Å². The third-order valence-electron chi connectivity index (χ3n) is 4.42. The van der Waals surface area contributed by atoms with E-state index in [4.69, 9.17) is 0 Å². The predicted octanol–water partition coefficient (Wildman–Crippen LogP) is 4.53. The number of rotatable bonds is 7. The molecule has 0 saturated carbocycles. The van der Waals surface area contributed by atoms with Crippen LogP contribution in [0.15, 0.2) is 48.5 Å². The van der Waals surface area contributed by atoms with Crippen molar-refractivity contribution in [3.8, 4) is 0 Å². The molecule has 0 fully saturated rings. The van der Waals surface area contributed by atoms with E-state index in [0.717, 1.165) is 30.6 Å². The fraction of sp³-hybridized carbons (Fsp3) is 0.364. The zero-order valence-corrected chi connectivity index (χ0v) is 16.2. The molecule has 0 aliphatic carbocycles. The molecule has 2 amide bonds. The van der Waals surface area contributed by atoms with Gasteiger partial charge in [0.05, 0.1) is 0 Å². The van der Waals surface area contributed by atoms with Crippen molar-refractivity contribution >= 4 is 17.5 Å². The van der Waals surface area contributed by atoms with Gasteiger partial charge in [0.25, 0.3) is 11.8 Å². The Hall–Kier alpha value is -2.62. The number of aryl methyl sites for hydroxylation is 1. The van der Waals surface area contributed by atoms with E-state index in [1.165, 1.54) is 0 Å². The van der Waals surface area contributed by atoms with E-state index in [0.29, 0.717) is 17.7 Å². The first-order valence-electron chi connectivity index (χ1n) is 9.22. The van der Waals surface area contributed by atoms with Crippen LogP contribution in [0.5, 0.6) is 0 Å². The molecule has 0 bridgehead atoms. The van der Waals surface area contributed by atoms with E-state index in [1.807, 2.05) is 38.1 Å². The van der Waals surface area contributed by atoms with Gasteiger partial charge in [0.1, 0.15) is 0 Å². The molecule has 0 radical (unpaired) electrons. The average Bonchev–Trinajstić information content (AvgIpc) is 2.66. The highest BCUT2D eigenvalue weighted by Crippen LogP contribution is 2.19. The van der Waals surface area contributed by atoms with Crippen molar-refractivity contribution < 1.29 is 9.59 Å². The molecule has 4 nitrogen and oxygen atoms in total. The first-order valence-corrected chi connectivity index (χ1v) is 9.22. The van der Waals surface area contributed by atoms with Gasteiger partial charge in [-0.1, -0.05) is 31.5 Å². The van der Waals surface area contributed by atoms with Crippen molar-refractivity contribution in [3.63, 3.8) is 0 Å². The highest BCUT2D eigenvalue weighted by Gasteiger charge is 2.18. The smallest absolute Gasteiger partial charge is 0.258 e. The summed E-state index contributed by atoms with van der Waals surface area (Å²) in [6.07, 6.45) is 2.01. The summed E-state index contributed by atoms with van der Waals surface area (Å²) >= 11 is 0. The van der Waals surface area contributed by atoms with Gasteiger partial charge in [0, 0.05) is 37.0 Å². The third kappa shape index (κ3) is 4.72. The Kier molecular flexibility index (Phi) is 6.96. The molecule has 0 heterocycles. The van der Waals surface area contributed by atoms with E-state index < -0.39 is 0 Å². The van der Waals surface area contributed by atoms with Crippen LogP contribution in [-0.4, -0.2) is 36.9 Å². The molecule has 0 saturated heterocycles. The van der Waals surface area contributed by atoms with E-state index >= 15 is 0 Å². The van der Waals surface area contributed by atoms with Gasteiger partial charge in [-0.3, -0.25) is 9.59 Å². The fourth-order valence-corrected chi connectivity index (χ4v) is 2.90. The minimum atomic E-state index is -0.0936. The SMILES string of the molecule is CCCCN(C)C(=O)c1cccc(C(=O)N(CC)c2cccc(C)c2)c1. The number of benzene rings is 2. The Morgan fingerprint density at radius 2 is 1.58 bits per heavy atom. The highest BCUT2D eigenvalue weighted by atomic mass is 16.2. The van der Waals surface area contributed by atoms with Crippen molar-refractivity contribution in [2.75, 3.05) is 25.0 Å². The van der Waals surface area contributed by atoms with Gasteiger partial charge >= 0.3 is 0 Å². The molecule has 0 unspecified atom stereocenters. The number of amides is 2. The number of nitrogens with zero attached hydrogens (tertiary/aromatic N) is 2. The third-order valence-corrected chi connectivity index (χ3v) is 4.42. The summed E-state index contributed by atoms with van der Waals surface area (Å²) in [5, 5.41) is 0. The van der Waals surface area contributed by atoms with Crippen LogP contribution < -0.4 is 4.90 Å². The maximum atomic E-state index is 13.0. The second-order valence-corrected chi connectivity index (χ2v) is 6.55. The number of hydrogen-bond donors (Lipinski definition) is 0. The van der Waals surface area contributed by atoms with Crippen molar-refractivity contribution in [2.45, 2.75) is 33.6 Å². The maximum Gasteiger partial charge on any atom is 0.258 e. The largest absolute Gasteiger partial charge is 0.342 e. The zero-order valence-electron chi connectivity index (χ0n) is 16.2. The summed E-state index contributed by atoms with van der Waals surface area (Å²) < 4.78 is 0. The monoisotopic (exact) mass is 352 g/mol. The Balaban J connectivity index is 2.25. The van der Waals surface area contributed by atoms with Gasteiger partial charge < -0.3 is 9.80 Å². The van der Waals surface area contributed by atoms with E-state index in [-0.39, 0.29) is 11.8 Å². The molecular weight excluding hydrogens is 324 g/mol. The second kappa shape index (κ2) is 9.18. The lowest BCUT2D eigenvalue weighted by molar-refractivity contribution is 0.0793. The summed E-state index contributed by atoms with van der Waals surface area (Å²) in [5.41, 5.74) is 3.06. The predicted molar refractivity (Wildman–Crippen MR) is 107 cm³/mol. The minimum absolute atomic E-state index is 0.0493. The first kappa shape index (κ1) is 19.7. The Morgan fingerprint density at radius 3 is 2.19 bits per heavy atom. The number of unbranched alkanes of at least 4 members (excludes halogenated alkanes) is 1. The van der Waals surface area contributed by atoms with Gasteiger partial charge in [-0.25, -0.2) is 0 Å². The maximum absolute atomic E-state index is 13.0. The lowest BCUT2D eigenvalue weighted by Crippen LogP contribution is -2.31. The van der Waals surface area contributed by atoms with Gasteiger partial charge in [-0.15, -0.1) is 0 Å². The molecule has 0 aliphatic heterocycles. The molecule has 0 atom stereocenters. The molecule has 0 N–H and O–H groups in total. The summed E-state index contributed by atoms with van der Waals surface area (Å²) in [6, 6.07) is 14.9. The van der Waals surface area contributed by atoms with Crippen molar-refractivity contribution in [3.05, 3.63) is 65.2 Å². The molecule has 2 aromatic carbocycles. The average molecular weight is 352 g/mol. The van der Waals surface area contributed by atoms with Crippen molar-refractivity contribution in [1.29, 1.82) is 0 Å². The van der Waals surface area contributed by atoms with Crippen LogP contribution in [0, 0.1) is 6.92 Å². The van der Waals surface area contributed by atoms with Crippen LogP contribution >= 0.6 is 0 Å². The van der Waals surface area contributed by atoms with Gasteiger partial charge in [-0.05, 0) is 56.2 Å². The van der Waals surface area contributed by atoms with Gasteiger partial charge in [0.15, 0.2) is 0 Å². The van der Waals surface area contributed by atoms with Crippen molar-refractivity contribution in [2.24, 2.45) is 0 Å². The summed E-state index contributed by atoms with van der Waals surface area (Å²) in [7, 11) is 1.80. The molecule has 0 aliphatic rings. The van der Waals surface area contributed by atoms with Crippen LogP contribution in [0.25, 0.3) is 0 Å². The molecule has 138 valence electrons. The Morgan fingerprint density at radius 1 is 0.923 bits per heavy atom. The molecule has 0 spiro atoms. The fourth-order valence-electron chi connectivity index (χ4n) is 2.90. The van der Waals surface area contributed by atoms with E-state index in [9.17, 15) is 9.59 Å². The summed E-state index contributed by atoms with van der Waals surface area (Å²) in [4.78, 5) is 29.0. The molecule has 2 rings (SSSR count). The zero-order chi connectivity index (χ0) is 19.1. The lowest BCUT2D eigenvalue weighted by atomic mass is 10.1. The Bertz CT molecular complexity index is 770. The van der Waals surface area contributed by atoms with E-state index in [2.05, 4.69) is 6.92 Å². The Labute approximate surface area is 156 Å². The van der Waals surface area contributed by atoms with Gasteiger partial charge in [0.2, 0.25) is 0 Å².